The predicted molar refractivity (Wildman–Crippen MR) is 230 cm³/mol. The number of hydrogen-bond acceptors (Lipinski definition) is 11. The number of rotatable bonds is 17. The van der Waals surface area contributed by atoms with Gasteiger partial charge in [0.15, 0.2) is 42.7 Å². The lowest BCUT2D eigenvalue weighted by atomic mass is 9.86. The highest BCUT2D eigenvalue weighted by molar-refractivity contribution is 7.91. The highest BCUT2D eigenvalue weighted by Crippen LogP contribution is 2.48. The summed E-state index contributed by atoms with van der Waals surface area (Å²) in [7, 11) is -3.22. The Morgan fingerprint density at radius 1 is 0.661 bits per heavy atom. The van der Waals surface area contributed by atoms with Crippen LogP contribution in [0.3, 0.4) is 0 Å². The van der Waals surface area contributed by atoms with E-state index in [-0.39, 0.29) is 33.7 Å². The molecule has 2 aliphatic heterocycles. The van der Waals surface area contributed by atoms with E-state index in [1.807, 2.05) is 67.6 Å². The molecular weight excluding hydrogens is 789 g/mol. The van der Waals surface area contributed by atoms with E-state index in [4.69, 9.17) is 18.9 Å². The molecule has 11 nitrogen and oxygen atoms in total. The van der Waals surface area contributed by atoms with Crippen molar-refractivity contribution in [1.29, 1.82) is 0 Å². The van der Waals surface area contributed by atoms with Crippen molar-refractivity contribution in [2.75, 3.05) is 39.4 Å². The number of nitrogens with zero attached hydrogens (tertiary/aromatic N) is 1. The number of hydroxylamine groups is 2. The number of sulfone groups is 2. The van der Waals surface area contributed by atoms with Crippen LogP contribution in [0.15, 0.2) is 94.7 Å². The molecule has 0 aliphatic carbocycles. The van der Waals surface area contributed by atoms with Crippen LogP contribution in [-0.2, 0) is 19.7 Å². The lowest BCUT2D eigenvalue weighted by molar-refractivity contribution is -0.193. The molecular formula is C46H60N2O9S2. The standard InChI is InChI=1S/C46H60N2O9S2/c1-7-10-23-45(31-58(50,51)41-29-38(55-5)37(54-4)27-35(41)43(47-45)33-19-14-12-15-20-33)24-18-26-57-40-28-36-42(30-39(40)56-6)59(52,53)32-46(9-3,25-11-8-2)48(49)44(36)34-21-16-13-17-22-34/h12-17,19-22,27-30,43-44,47,49H,7-11,18,23-26,31-32H2,1-6H3/t43-,44-,45+,46-/m1/s1. The Balaban J connectivity index is 1.36. The molecule has 0 saturated carbocycles. The quantitative estimate of drug-likeness (QED) is 0.0985. The monoisotopic (exact) mass is 848 g/mol. The minimum atomic E-state index is -3.90. The van der Waals surface area contributed by atoms with E-state index in [9.17, 15) is 22.0 Å². The zero-order valence-corrected chi connectivity index (χ0v) is 36.8. The molecule has 0 unspecified atom stereocenters. The second kappa shape index (κ2) is 18.6. The van der Waals surface area contributed by atoms with Crippen LogP contribution in [0.25, 0.3) is 0 Å². The average molecular weight is 849 g/mol. The lowest BCUT2D eigenvalue weighted by Crippen LogP contribution is -2.51. The van der Waals surface area contributed by atoms with E-state index in [2.05, 4.69) is 19.2 Å². The van der Waals surface area contributed by atoms with Gasteiger partial charge in [0.2, 0.25) is 0 Å². The van der Waals surface area contributed by atoms with Crippen molar-refractivity contribution in [3.63, 3.8) is 0 Å². The maximum Gasteiger partial charge on any atom is 0.180 e. The van der Waals surface area contributed by atoms with Crippen molar-refractivity contribution in [2.45, 2.75) is 112 Å². The van der Waals surface area contributed by atoms with Crippen LogP contribution in [0.5, 0.6) is 23.0 Å². The lowest BCUT2D eigenvalue weighted by Gasteiger charge is -2.42. The van der Waals surface area contributed by atoms with Crippen LogP contribution < -0.4 is 24.3 Å². The Morgan fingerprint density at radius 3 is 1.76 bits per heavy atom. The van der Waals surface area contributed by atoms with E-state index in [0.29, 0.717) is 60.5 Å². The van der Waals surface area contributed by atoms with Gasteiger partial charge in [-0.3, -0.25) is 5.32 Å². The number of unbranched alkanes of at least 4 members (excludes halogenated alkanes) is 2. The van der Waals surface area contributed by atoms with E-state index < -0.39 is 42.8 Å². The molecule has 59 heavy (non-hydrogen) atoms. The summed E-state index contributed by atoms with van der Waals surface area (Å²) in [6, 6.07) is 24.6. The molecule has 4 aromatic carbocycles. The van der Waals surface area contributed by atoms with Gasteiger partial charge in [-0.2, -0.15) is 5.06 Å². The molecule has 0 amide bonds. The van der Waals surface area contributed by atoms with Crippen LogP contribution in [0.4, 0.5) is 0 Å². The Labute approximate surface area is 350 Å². The first-order valence-electron chi connectivity index (χ1n) is 20.7. The number of fused-ring (bicyclic) bond motifs is 2. The second-order valence-corrected chi connectivity index (χ2v) is 19.9. The van der Waals surface area contributed by atoms with E-state index in [1.54, 1.807) is 18.2 Å². The van der Waals surface area contributed by atoms with Crippen molar-refractivity contribution in [3.8, 4) is 23.0 Å². The fourth-order valence-electron chi connectivity index (χ4n) is 8.97. The molecule has 0 aromatic heterocycles. The van der Waals surface area contributed by atoms with Crippen LogP contribution in [0, 0.1) is 0 Å². The van der Waals surface area contributed by atoms with Gasteiger partial charge in [0.05, 0.1) is 66.9 Å². The van der Waals surface area contributed by atoms with Gasteiger partial charge in [-0.25, -0.2) is 16.8 Å². The van der Waals surface area contributed by atoms with Gasteiger partial charge in [-0.1, -0.05) is 107 Å². The Hall–Kier alpha value is -4.14. The summed E-state index contributed by atoms with van der Waals surface area (Å²) in [5, 5.41) is 17.4. The third-order valence-electron chi connectivity index (χ3n) is 12.2. The smallest absolute Gasteiger partial charge is 0.180 e. The minimum absolute atomic E-state index is 0.104. The van der Waals surface area contributed by atoms with Crippen molar-refractivity contribution in [3.05, 3.63) is 107 Å². The Morgan fingerprint density at radius 2 is 1.17 bits per heavy atom. The van der Waals surface area contributed by atoms with Gasteiger partial charge < -0.3 is 24.2 Å². The predicted octanol–water partition coefficient (Wildman–Crippen LogP) is 8.87. The van der Waals surface area contributed by atoms with E-state index >= 15 is 0 Å². The SMILES string of the molecule is CCCC[C@]1(CCCOc2cc3c(cc2OC)S(=O)(=O)C[C@@](CC)(CCCC)N(O)[C@@H]3c2ccccc2)CS(=O)(=O)c2cc(OC)c(OC)cc2[C@@H](c2ccccc2)N1. The summed E-state index contributed by atoms with van der Waals surface area (Å²) >= 11 is 0. The number of methoxy groups -OCH3 is 3. The molecule has 4 atom stereocenters. The highest BCUT2D eigenvalue weighted by atomic mass is 32.2. The first-order valence-corrected chi connectivity index (χ1v) is 24.0. The summed E-state index contributed by atoms with van der Waals surface area (Å²) in [5.41, 5.74) is 0.832. The number of benzene rings is 4. The Bertz CT molecular complexity index is 2270. The second-order valence-electron chi connectivity index (χ2n) is 16.0. The largest absolute Gasteiger partial charge is 0.493 e. The summed E-state index contributed by atoms with van der Waals surface area (Å²) in [6.45, 7) is 6.27. The van der Waals surface area contributed by atoms with Crippen molar-refractivity contribution in [2.24, 2.45) is 0 Å². The van der Waals surface area contributed by atoms with Crippen molar-refractivity contribution in [1.82, 2.24) is 10.4 Å². The fourth-order valence-corrected chi connectivity index (χ4v) is 13.2. The number of nitrogens with one attached hydrogen (secondary N) is 1. The zero-order valence-electron chi connectivity index (χ0n) is 35.2. The molecule has 0 radical (unpaired) electrons. The summed E-state index contributed by atoms with van der Waals surface area (Å²) < 4.78 is 81.2. The maximum absolute atomic E-state index is 14.5. The van der Waals surface area contributed by atoms with Gasteiger partial charge in [0.25, 0.3) is 0 Å². The summed E-state index contributed by atoms with van der Waals surface area (Å²) in [4.78, 5) is 0.316. The van der Waals surface area contributed by atoms with Crippen LogP contribution in [-0.4, -0.2) is 77.6 Å². The highest BCUT2D eigenvalue weighted by Gasteiger charge is 2.48. The molecule has 6 rings (SSSR count). The van der Waals surface area contributed by atoms with Gasteiger partial charge in [-0.15, -0.1) is 0 Å². The van der Waals surface area contributed by atoms with Crippen LogP contribution in [0.2, 0.25) is 0 Å². The molecule has 2 heterocycles. The molecule has 0 bridgehead atoms. The van der Waals surface area contributed by atoms with Gasteiger partial charge in [0.1, 0.15) is 0 Å². The topological polar surface area (TPSA) is 141 Å². The first-order chi connectivity index (χ1) is 28.3. The normalized spacial score (nSPS) is 23.6. The molecule has 13 heteroatoms. The van der Waals surface area contributed by atoms with E-state index in [1.165, 1.54) is 32.5 Å². The van der Waals surface area contributed by atoms with Crippen molar-refractivity contribution < 1.29 is 41.0 Å². The van der Waals surface area contributed by atoms with Crippen molar-refractivity contribution >= 4 is 19.7 Å². The molecule has 0 saturated heterocycles. The molecule has 2 aliphatic rings. The van der Waals surface area contributed by atoms with Gasteiger partial charge in [0, 0.05) is 17.7 Å². The third-order valence-corrected chi connectivity index (χ3v) is 16.1. The maximum atomic E-state index is 14.5. The molecule has 0 fully saturated rings. The van der Waals surface area contributed by atoms with Gasteiger partial charge >= 0.3 is 0 Å². The summed E-state index contributed by atoms with van der Waals surface area (Å²) in [5.74, 6) is 1.02. The van der Waals surface area contributed by atoms with E-state index in [0.717, 1.165) is 36.8 Å². The molecule has 4 aromatic rings. The minimum Gasteiger partial charge on any atom is -0.493 e. The first kappa shape index (κ1) is 44.4. The number of ether oxygens (including phenoxy) is 4. The fraction of sp³-hybridized carbons (Fsp3) is 0.478. The Kier molecular flexibility index (Phi) is 14.0. The average Bonchev–Trinajstić information content (AvgIpc) is 3.38. The summed E-state index contributed by atoms with van der Waals surface area (Å²) in [6.07, 6.45) is 5.78. The van der Waals surface area contributed by atoms with Gasteiger partial charge in [-0.05, 0) is 66.5 Å². The van der Waals surface area contributed by atoms with Crippen LogP contribution >= 0.6 is 0 Å². The number of hydrogen-bond donors (Lipinski definition) is 2. The zero-order chi connectivity index (χ0) is 42.4. The third kappa shape index (κ3) is 9.14. The molecule has 0 spiro atoms. The molecule has 320 valence electrons. The molecule has 2 N–H and O–H groups in total. The van der Waals surface area contributed by atoms with Crippen LogP contribution in [0.1, 0.15) is 113 Å².